The van der Waals surface area contributed by atoms with E-state index in [9.17, 15) is 14.7 Å². The van der Waals surface area contributed by atoms with Crippen molar-refractivity contribution in [3.8, 4) is 0 Å². The van der Waals surface area contributed by atoms with E-state index in [0.717, 1.165) is 12.8 Å². The lowest BCUT2D eigenvalue weighted by Crippen LogP contribution is -2.43. The normalized spacial score (nSPS) is 33.4. The monoisotopic (exact) mass is 310 g/mol. The summed E-state index contributed by atoms with van der Waals surface area (Å²) in [5.41, 5.74) is -0.803. The summed E-state index contributed by atoms with van der Waals surface area (Å²) in [4.78, 5) is 25.8. The fraction of sp³-hybridized carbons (Fsp3) is 0.875. The van der Waals surface area contributed by atoms with E-state index in [0.29, 0.717) is 32.3 Å². The van der Waals surface area contributed by atoms with Gasteiger partial charge in [0, 0.05) is 25.0 Å². The first-order valence-electron chi connectivity index (χ1n) is 8.43. The maximum Gasteiger partial charge on any atom is 0.313 e. The molecule has 2 aliphatic heterocycles. The Morgan fingerprint density at radius 2 is 1.95 bits per heavy atom. The number of likely N-dealkylation sites (tertiary alicyclic amines) is 1. The second-order valence-electron chi connectivity index (χ2n) is 7.10. The van der Waals surface area contributed by atoms with Gasteiger partial charge in [-0.05, 0) is 12.8 Å². The van der Waals surface area contributed by atoms with Gasteiger partial charge in [-0.1, -0.05) is 25.7 Å². The number of carboxylic acids is 1. The highest BCUT2D eigenvalue weighted by atomic mass is 16.5. The summed E-state index contributed by atoms with van der Waals surface area (Å²) >= 11 is 0. The third-order valence-corrected chi connectivity index (χ3v) is 5.46. The Bertz CT molecular complexity index is 434. The van der Waals surface area contributed by atoms with Crippen molar-refractivity contribution in [2.75, 3.05) is 32.8 Å². The largest absolute Gasteiger partial charge is 0.481 e. The lowest BCUT2D eigenvalue weighted by molar-refractivity contribution is -0.149. The Labute approximate surface area is 131 Å². The van der Waals surface area contributed by atoms with Crippen LogP contribution in [-0.2, 0) is 14.3 Å². The smallest absolute Gasteiger partial charge is 0.313 e. The molecule has 1 unspecified atom stereocenters. The van der Waals surface area contributed by atoms with Gasteiger partial charge in [0.25, 0.3) is 0 Å². The molecule has 2 N–H and O–H groups in total. The molecule has 2 saturated heterocycles. The van der Waals surface area contributed by atoms with Crippen LogP contribution in [0.1, 0.15) is 38.5 Å². The van der Waals surface area contributed by atoms with Crippen LogP contribution in [0.3, 0.4) is 0 Å². The topological polar surface area (TPSA) is 78.9 Å². The van der Waals surface area contributed by atoms with Gasteiger partial charge < -0.3 is 15.2 Å². The average molecular weight is 310 g/mol. The van der Waals surface area contributed by atoms with Gasteiger partial charge in [-0.3, -0.25) is 14.5 Å². The van der Waals surface area contributed by atoms with Crippen molar-refractivity contribution >= 4 is 11.9 Å². The number of fused-ring (bicyclic) bond motifs is 1. The molecule has 0 aromatic rings. The molecule has 3 fully saturated rings. The van der Waals surface area contributed by atoms with Crippen LogP contribution in [0.4, 0.5) is 0 Å². The van der Waals surface area contributed by atoms with Gasteiger partial charge in [0.05, 0.1) is 19.8 Å². The predicted molar refractivity (Wildman–Crippen MR) is 80.5 cm³/mol. The van der Waals surface area contributed by atoms with Crippen molar-refractivity contribution in [2.24, 2.45) is 11.3 Å². The van der Waals surface area contributed by atoms with Crippen LogP contribution in [0.15, 0.2) is 0 Å². The number of aliphatic carboxylic acids is 1. The van der Waals surface area contributed by atoms with E-state index < -0.39 is 11.4 Å². The number of rotatable bonds is 4. The Morgan fingerprint density at radius 3 is 2.59 bits per heavy atom. The Kier molecular flexibility index (Phi) is 4.68. The summed E-state index contributed by atoms with van der Waals surface area (Å²) in [6, 6.07) is 0.300. The number of hydrogen-bond donors (Lipinski definition) is 2. The number of amides is 1. The molecular formula is C16H26N2O4. The van der Waals surface area contributed by atoms with Crippen LogP contribution in [0, 0.1) is 11.3 Å². The van der Waals surface area contributed by atoms with Crippen LogP contribution < -0.4 is 5.32 Å². The minimum Gasteiger partial charge on any atom is -0.481 e. The highest BCUT2D eigenvalue weighted by Crippen LogP contribution is 2.41. The Morgan fingerprint density at radius 1 is 1.23 bits per heavy atom. The van der Waals surface area contributed by atoms with Crippen molar-refractivity contribution < 1.29 is 19.4 Å². The Hall–Kier alpha value is -1.14. The summed E-state index contributed by atoms with van der Waals surface area (Å²) in [6.07, 6.45) is 7.05. The standard InChI is InChI=1S/C16H26N2O4/c19-14(17-13-5-3-1-2-4-6-13)8-18-7-12-9-22-11-16(12,10-18)15(20)21/h12-13H,1-11H2,(H,17,19)(H,20,21)/t12?,16-/m1/s1. The molecule has 0 bridgehead atoms. The number of carbonyl (C=O) groups excluding carboxylic acids is 1. The molecule has 3 aliphatic rings. The molecule has 1 amide bonds. The van der Waals surface area contributed by atoms with E-state index in [2.05, 4.69) is 5.32 Å². The maximum atomic E-state index is 12.2. The third kappa shape index (κ3) is 3.13. The third-order valence-electron chi connectivity index (χ3n) is 5.46. The van der Waals surface area contributed by atoms with Crippen LogP contribution in [0.5, 0.6) is 0 Å². The average Bonchev–Trinajstić information content (AvgIpc) is 2.88. The van der Waals surface area contributed by atoms with Gasteiger partial charge in [0.1, 0.15) is 5.41 Å². The van der Waals surface area contributed by atoms with Crippen LogP contribution in [0.2, 0.25) is 0 Å². The van der Waals surface area contributed by atoms with E-state index in [1.54, 1.807) is 0 Å². The van der Waals surface area contributed by atoms with E-state index in [4.69, 9.17) is 4.74 Å². The fourth-order valence-electron chi connectivity index (χ4n) is 4.16. The van der Waals surface area contributed by atoms with E-state index >= 15 is 0 Å². The lowest BCUT2D eigenvalue weighted by Gasteiger charge is -2.22. The molecule has 3 rings (SSSR count). The predicted octanol–water partition coefficient (Wildman–Crippen LogP) is 0.858. The zero-order valence-electron chi connectivity index (χ0n) is 13.1. The molecule has 2 atom stereocenters. The molecule has 0 radical (unpaired) electrons. The van der Waals surface area contributed by atoms with Crippen molar-refractivity contribution in [1.82, 2.24) is 10.2 Å². The second-order valence-corrected chi connectivity index (χ2v) is 7.10. The van der Waals surface area contributed by atoms with Gasteiger partial charge in [-0.15, -0.1) is 0 Å². The van der Waals surface area contributed by atoms with Gasteiger partial charge in [0.2, 0.25) is 5.91 Å². The molecule has 6 nitrogen and oxygen atoms in total. The number of nitrogens with zero attached hydrogens (tertiary/aromatic N) is 1. The van der Waals surface area contributed by atoms with Crippen LogP contribution >= 0.6 is 0 Å². The maximum absolute atomic E-state index is 12.2. The highest BCUT2D eigenvalue weighted by molar-refractivity contribution is 5.79. The summed E-state index contributed by atoms with van der Waals surface area (Å²) in [5, 5.41) is 12.6. The highest BCUT2D eigenvalue weighted by Gasteiger charge is 2.56. The van der Waals surface area contributed by atoms with E-state index in [1.165, 1.54) is 25.7 Å². The molecular weight excluding hydrogens is 284 g/mol. The number of carbonyl (C=O) groups is 2. The molecule has 0 aromatic heterocycles. The second kappa shape index (κ2) is 6.54. The fourth-order valence-corrected chi connectivity index (χ4v) is 4.16. The number of nitrogens with one attached hydrogen (secondary N) is 1. The first kappa shape index (κ1) is 15.7. The Balaban J connectivity index is 1.51. The molecule has 0 spiro atoms. The first-order valence-corrected chi connectivity index (χ1v) is 8.43. The minimum absolute atomic E-state index is 0.00989. The summed E-state index contributed by atoms with van der Waals surface area (Å²) < 4.78 is 5.36. The molecule has 2 heterocycles. The van der Waals surface area contributed by atoms with Crippen LogP contribution in [-0.4, -0.2) is 60.8 Å². The number of ether oxygens (including phenoxy) is 1. The molecule has 22 heavy (non-hydrogen) atoms. The summed E-state index contributed by atoms with van der Waals surface area (Å²) in [5.74, 6) is -0.745. The molecule has 1 saturated carbocycles. The molecule has 6 heteroatoms. The van der Waals surface area contributed by atoms with E-state index in [-0.39, 0.29) is 18.4 Å². The molecule has 124 valence electrons. The van der Waals surface area contributed by atoms with Crippen molar-refractivity contribution in [3.63, 3.8) is 0 Å². The van der Waals surface area contributed by atoms with Gasteiger partial charge in [-0.25, -0.2) is 0 Å². The summed E-state index contributed by atoms with van der Waals surface area (Å²) in [7, 11) is 0. The zero-order valence-corrected chi connectivity index (χ0v) is 13.1. The van der Waals surface area contributed by atoms with E-state index in [1.807, 2.05) is 4.90 Å². The van der Waals surface area contributed by atoms with Gasteiger partial charge in [0.15, 0.2) is 0 Å². The van der Waals surface area contributed by atoms with Gasteiger partial charge >= 0.3 is 5.97 Å². The van der Waals surface area contributed by atoms with Gasteiger partial charge in [-0.2, -0.15) is 0 Å². The number of hydrogen-bond acceptors (Lipinski definition) is 4. The quantitative estimate of drug-likeness (QED) is 0.753. The van der Waals surface area contributed by atoms with Crippen LogP contribution in [0.25, 0.3) is 0 Å². The SMILES string of the molecule is O=C(CN1CC2COC[C@]2(C(=O)O)C1)NC1CCCCCC1. The van der Waals surface area contributed by atoms with Crippen molar-refractivity contribution in [1.29, 1.82) is 0 Å². The summed E-state index contributed by atoms with van der Waals surface area (Å²) in [6.45, 7) is 2.14. The first-order chi connectivity index (χ1) is 10.6. The van der Waals surface area contributed by atoms with Crippen molar-refractivity contribution in [2.45, 2.75) is 44.6 Å². The minimum atomic E-state index is -0.803. The molecule has 1 aliphatic carbocycles. The van der Waals surface area contributed by atoms with Crippen molar-refractivity contribution in [3.05, 3.63) is 0 Å². The lowest BCUT2D eigenvalue weighted by atomic mass is 9.81. The number of carboxylic acid groups (broad SMARTS) is 1. The zero-order chi connectivity index (χ0) is 15.6. The molecule has 0 aromatic carbocycles.